The second kappa shape index (κ2) is 9.10. The van der Waals surface area contributed by atoms with Gasteiger partial charge in [-0.2, -0.15) is 0 Å². The van der Waals surface area contributed by atoms with Crippen LogP contribution >= 0.6 is 11.3 Å². The molecule has 0 bridgehead atoms. The van der Waals surface area contributed by atoms with Crippen LogP contribution in [-0.2, 0) is 24.1 Å². The number of fused-ring (bicyclic) bond motifs is 1. The van der Waals surface area contributed by atoms with Gasteiger partial charge in [0.05, 0.1) is 17.4 Å². The molecule has 1 amide bonds. The maximum absolute atomic E-state index is 13.4. The maximum Gasteiger partial charge on any atom is 0.228 e. The summed E-state index contributed by atoms with van der Waals surface area (Å²) >= 11 is 1.64. The summed E-state index contributed by atoms with van der Waals surface area (Å²) in [5, 5.41) is 3.95. The fraction of sp³-hybridized carbons (Fsp3) is 0.481. The first-order valence-corrected chi connectivity index (χ1v) is 13.4. The van der Waals surface area contributed by atoms with E-state index in [1.54, 1.807) is 17.5 Å². The molecule has 0 aliphatic heterocycles. The van der Waals surface area contributed by atoms with Crippen molar-refractivity contribution in [3.8, 4) is 5.69 Å². The van der Waals surface area contributed by atoms with Gasteiger partial charge in [0.1, 0.15) is 10.8 Å². The van der Waals surface area contributed by atoms with Gasteiger partial charge in [-0.1, -0.05) is 12.8 Å². The van der Waals surface area contributed by atoms with Crippen LogP contribution in [0, 0.1) is 17.8 Å². The first-order valence-electron chi connectivity index (χ1n) is 12.6. The van der Waals surface area contributed by atoms with Gasteiger partial charge in [-0.3, -0.25) is 14.6 Å². The molecule has 0 aromatic carbocycles. The number of aryl methyl sites for hydroxylation is 1. The van der Waals surface area contributed by atoms with Crippen LogP contribution < -0.4 is 5.32 Å². The summed E-state index contributed by atoms with van der Waals surface area (Å²) in [5.74, 6) is 2.61. The van der Waals surface area contributed by atoms with Crippen molar-refractivity contribution in [3.05, 3.63) is 58.7 Å². The number of anilines is 1. The highest BCUT2D eigenvalue weighted by atomic mass is 32.1. The number of nitrogens with zero attached hydrogens (tertiary/aromatic N) is 3. The van der Waals surface area contributed by atoms with Crippen LogP contribution in [-0.4, -0.2) is 26.2 Å². The molecule has 6 nitrogen and oxygen atoms in total. The molecule has 1 N–H and O–H groups in total. The standard InChI is InChI=1S/C27H30N4O2S.H2/c32-22(9-5-17-3-4-17)25-21-14-18(6-10-23(21)34-27(25)30-26(33)19-7-8-19)15-24-29-12-13-31(24)20-2-1-11-28-16-20;/h1-2,11-13,16-19H,3-10,14-15H2,(H,30,33);1H/t18-;/m0./s1. The van der Waals surface area contributed by atoms with E-state index in [0.29, 0.717) is 12.3 Å². The molecule has 3 aromatic heterocycles. The molecular formula is C27H32N4O2S. The Labute approximate surface area is 205 Å². The van der Waals surface area contributed by atoms with Crippen molar-refractivity contribution in [2.75, 3.05) is 5.32 Å². The van der Waals surface area contributed by atoms with E-state index in [1.165, 1.54) is 23.3 Å². The van der Waals surface area contributed by atoms with Crippen LogP contribution in [0.2, 0.25) is 0 Å². The highest BCUT2D eigenvalue weighted by Gasteiger charge is 2.34. The average molecular weight is 477 g/mol. The number of pyridine rings is 1. The molecule has 3 aliphatic carbocycles. The van der Waals surface area contributed by atoms with Gasteiger partial charge in [0.25, 0.3) is 0 Å². The number of Topliss-reactive ketones (excluding diaryl/α,β-unsaturated/α-hetero) is 1. The molecule has 34 heavy (non-hydrogen) atoms. The number of amides is 1. The number of hydrogen-bond donors (Lipinski definition) is 1. The third kappa shape index (κ3) is 4.58. The van der Waals surface area contributed by atoms with Crippen molar-refractivity contribution < 1.29 is 11.0 Å². The average Bonchev–Trinajstić information content (AvgIpc) is 3.78. The van der Waals surface area contributed by atoms with Crippen LogP contribution in [0.15, 0.2) is 36.9 Å². The van der Waals surface area contributed by atoms with Crippen LogP contribution in [0.5, 0.6) is 0 Å². The van der Waals surface area contributed by atoms with Crippen LogP contribution in [0.25, 0.3) is 5.69 Å². The summed E-state index contributed by atoms with van der Waals surface area (Å²) in [5.41, 5.74) is 3.02. The molecule has 0 spiro atoms. The Kier molecular flexibility index (Phi) is 5.81. The molecule has 0 saturated heterocycles. The van der Waals surface area contributed by atoms with Crippen LogP contribution in [0.3, 0.4) is 0 Å². The molecule has 3 heterocycles. The summed E-state index contributed by atoms with van der Waals surface area (Å²) in [7, 11) is 0. The van der Waals surface area contributed by atoms with Crippen LogP contribution in [0.1, 0.15) is 73.0 Å². The van der Waals surface area contributed by atoms with E-state index in [9.17, 15) is 9.59 Å². The summed E-state index contributed by atoms with van der Waals surface area (Å²) < 4.78 is 2.11. The molecule has 178 valence electrons. The Morgan fingerprint density at radius 2 is 2.03 bits per heavy atom. The summed E-state index contributed by atoms with van der Waals surface area (Å²) in [6, 6.07) is 3.98. The molecule has 0 radical (unpaired) electrons. The lowest BCUT2D eigenvalue weighted by atomic mass is 9.83. The van der Waals surface area contributed by atoms with Crippen molar-refractivity contribution in [3.63, 3.8) is 0 Å². The van der Waals surface area contributed by atoms with Crippen molar-refractivity contribution in [2.24, 2.45) is 17.8 Å². The number of hydrogen-bond acceptors (Lipinski definition) is 5. The molecule has 1 atom stereocenters. The number of aromatic nitrogens is 3. The lowest BCUT2D eigenvalue weighted by Crippen LogP contribution is -2.20. The Morgan fingerprint density at radius 1 is 1.15 bits per heavy atom. The molecule has 2 fully saturated rings. The summed E-state index contributed by atoms with van der Waals surface area (Å²) in [6.07, 6.45) is 17.2. The topological polar surface area (TPSA) is 76.9 Å². The minimum Gasteiger partial charge on any atom is -0.317 e. The molecule has 2 saturated carbocycles. The maximum atomic E-state index is 13.4. The molecular weight excluding hydrogens is 444 g/mol. The SMILES string of the molecule is O=C(CCC1CC1)c1c(NC(=O)C2CC2)sc2c1C[C@@H](Cc1nccn1-c1cccnc1)CC2.[HH]. The van der Waals surface area contributed by atoms with Crippen LogP contribution in [0.4, 0.5) is 5.00 Å². The summed E-state index contributed by atoms with van der Waals surface area (Å²) in [6.45, 7) is 0. The number of imidazole rings is 1. The predicted molar refractivity (Wildman–Crippen MR) is 135 cm³/mol. The Bertz CT molecular complexity index is 1210. The number of rotatable bonds is 9. The molecule has 3 aliphatic rings. The summed E-state index contributed by atoms with van der Waals surface area (Å²) in [4.78, 5) is 36.1. The minimum absolute atomic E-state index is 0. The molecule has 3 aromatic rings. The first-order chi connectivity index (χ1) is 16.7. The lowest BCUT2D eigenvalue weighted by Gasteiger charge is -2.23. The Hall–Kier alpha value is -2.80. The number of nitrogens with one attached hydrogen (secondary N) is 1. The largest absolute Gasteiger partial charge is 0.317 e. The zero-order valence-corrected chi connectivity index (χ0v) is 20.2. The molecule has 0 unspecified atom stereocenters. The fourth-order valence-corrected chi connectivity index (χ4v) is 6.38. The molecule has 6 rings (SSSR count). The number of ketones is 1. The fourth-order valence-electron chi connectivity index (χ4n) is 5.11. The van der Waals surface area contributed by atoms with Gasteiger partial charge in [0.15, 0.2) is 5.78 Å². The third-order valence-corrected chi connectivity index (χ3v) is 8.62. The van der Waals surface area contributed by atoms with Crippen molar-refractivity contribution in [1.82, 2.24) is 14.5 Å². The monoisotopic (exact) mass is 476 g/mol. The van der Waals surface area contributed by atoms with Gasteiger partial charge < -0.3 is 9.88 Å². The highest BCUT2D eigenvalue weighted by Crippen LogP contribution is 2.43. The molecule has 7 heteroatoms. The van der Waals surface area contributed by atoms with Gasteiger partial charge in [-0.15, -0.1) is 11.3 Å². The Morgan fingerprint density at radius 3 is 2.79 bits per heavy atom. The number of carbonyl (C=O) groups excluding carboxylic acids is 2. The third-order valence-electron chi connectivity index (χ3n) is 7.42. The van der Waals surface area contributed by atoms with E-state index in [4.69, 9.17) is 0 Å². The normalized spacial score (nSPS) is 19.6. The smallest absolute Gasteiger partial charge is 0.228 e. The van der Waals surface area contributed by atoms with Gasteiger partial charge in [-0.25, -0.2) is 4.98 Å². The number of carbonyl (C=O) groups is 2. The van der Waals surface area contributed by atoms with E-state index in [-0.39, 0.29) is 19.0 Å². The van der Waals surface area contributed by atoms with Crippen molar-refractivity contribution in [1.29, 1.82) is 0 Å². The zero-order chi connectivity index (χ0) is 23.1. The van der Waals surface area contributed by atoms with E-state index < -0.39 is 0 Å². The second-order valence-electron chi connectivity index (χ2n) is 10.1. The van der Waals surface area contributed by atoms with E-state index in [2.05, 4.69) is 19.9 Å². The zero-order valence-electron chi connectivity index (χ0n) is 19.3. The van der Waals surface area contributed by atoms with Gasteiger partial charge in [0.2, 0.25) is 5.91 Å². The number of thiophene rings is 1. The highest BCUT2D eigenvalue weighted by molar-refractivity contribution is 7.17. The quantitative estimate of drug-likeness (QED) is 0.405. The van der Waals surface area contributed by atoms with E-state index in [1.807, 2.05) is 30.7 Å². The minimum atomic E-state index is 0. The van der Waals surface area contributed by atoms with Gasteiger partial charge in [0, 0.05) is 43.7 Å². The lowest BCUT2D eigenvalue weighted by molar-refractivity contribution is -0.117. The Balaban J connectivity index is 0.00000253. The second-order valence-corrected chi connectivity index (χ2v) is 11.2. The van der Waals surface area contributed by atoms with Gasteiger partial charge >= 0.3 is 0 Å². The van der Waals surface area contributed by atoms with E-state index in [0.717, 1.165) is 72.9 Å². The predicted octanol–water partition coefficient (Wildman–Crippen LogP) is 5.64. The van der Waals surface area contributed by atoms with Crippen molar-refractivity contribution >= 4 is 28.0 Å². The van der Waals surface area contributed by atoms with Crippen molar-refractivity contribution in [2.45, 2.75) is 64.2 Å². The van der Waals surface area contributed by atoms with E-state index >= 15 is 0 Å². The van der Waals surface area contributed by atoms with Gasteiger partial charge in [-0.05, 0) is 68.1 Å². The first kappa shape index (κ1) is 21.7.